The highest BCUT2D eigenvalue weighted by atomic mass is 16.5. The zero-order valence-electron chi connectivity index (χ0n) is 16.0. The maximum Gasteiger partial charge on any atom is 0.222 e. The van der Waals surface area contributed by atoms with E-state index in [4.69, 9.17) is 9.47 Å². The summed E-state index contributed by atoms with van der Waals surface area (Å²) in [5.74, 6) is 2.52. The van der Waals surface area contributed by atoms with Crippen LogP contribution in [0.2, 0.25) is 0 Å². The first kappa shape index (κ1) is 18.5. The molecule has 2 saturated heterocycles. The summed E-state index contributed by atoms with van der Waals surface area (Å²) in [7, 11) is 0. The van der Waals surface area contributed by atoms with Crippen molar-refractivity contribution < 1.29 is 14.3 Å². The molecule has 0 radical (unpaired) electrons. The normalized spacial score (nSPS) is 23.8. The number of carbonyl (C=O) groups excluding carboxylic acids is 1. The molecule has 3 fully saturated rings. The number of hydrogen-bond acceptors (Lipinski definition) is 6. The number of aromatic nitrogens is 2. The molecule has 1 aliphatic carbocycles. The third kappa shape index (κ3) is 4.89. The summed E-state index contributed by atoms with van der Waals surface area (Å²) in [6.07, 6.45) is 9.46. The molecule has 27 heavy (non-hydrogen) atoms. The van der Waals surface area contributed by atoms with E-state index in [1.807, 2.05) is 11.0 Å². The number of anilines is 1. The number of carbonyl (C=O) groups is 1. The number of nitrogens with zero attached hydrogens (tertiary/aromatic N) is 4. The quantitative estimate of drug-likeness (QED) is 0.761. The Morgan fingerprint density at radius 3 is 2.78 bits per heavy atom. The van der Waals surface area contributed by atoms with Crippen molar-refractivity contribution in [3.8, 4) is 5.88 Å². The monoisotopic (exact) mass is 374 g/mol. The zero-order valence-corrected chi connectivity index (χ0v) is 16.0. The van der Waals surface area contributed by atoms with E-state index in [1.165, 1.54) is 25.7 Å². The van der Waals surface area contributed by atoms with Gasteiger partial charge in [0.1, 0.15) is 18.2 Å². The van der Waals surface area contributed by atoms with E-state index >= 15 is 0 Å². The number of ether oxygens (including phenoxy) is 2. The molecule has 1 aromatic rings. The Balaban J connectivity index is 1.26. The van der Waals surface area contributed by atoms with Crippen molar-refractivity contribution in [2.45, 2.75) is 51.0 Å². The first-order valence-electron chi connectivity index (χ1n) is 10.4. The lowest BCUT2D eigenvalue weighted by atomic mass is 10.0. The van der Waals surface area contributed by atoms with E-state index < -0.39 is 0 Å². The lowest BCUT2D eigenvalue weighted by Gasteiger charge is -2.27. The molecule has 1 atom stereocenters. The lowest BCUT2D eigenvalue weighted by Crippen LogP contribution is -2.36. The van der Waals surface area contributed by atoms with E-state index in [1.54, 1.807) is 6.33 Å². The molecule has 3 aliphatic rings. The summed E-state index contributed by atoms with van der Waals surface area (Å²) in [5, 5.41) is 0. The van der Waals surface area contributed by atoms with E-state index in [9.17, 15) is 4.79 Å². The first-order valence-corrected chi connectivity index (χ1v) is 10.4. The maximum atomic E-state index is 12.5. The SMILES string of the molecule is O=C(CCC1CCCC1)N1CCC(Oc2cc(N3CCOCC3)ncn2)C1. The average Bonchev–Trinajstić information content (AvgIpc) is 3.39. The van der Waals surface area contributed by atoms with Crippen LogP contribution in [-0.2, 0) is 9.53 Å². The van der Waals surface area contributed by atoms with Crippen molar-refractivity contribution >= 4 is 11.7 Å². The van der Waals surface area contributed by atoms with Crippen LogP contribution in [0.1, 0.15) is 44.9 Å². The molecule has 0 N–H and O–H groups in total. The van der Waals surface area contributed by atoms with Crippen molar-refractivity contribution in [2.75, 3.05) is 44.3 Å². The Morgan fingerprint density at radius 2 is 1.96 bits per heavy atom. The van der Waals surface area contributed by atoms with Crippen molar-refractivity contribution in [3.63, 3.8) is 0 Å². The number of rotatable bonds is 6. The van der Waals surface area contributed by atoms with Gasteiger partial charge in [-0.2, -0.15) is 0 Å². The van der Waals surface area contributed by atoms with Gasteiger partial charge < -0.3 is 19.3 Å². The average molecular weight is 374 g/mol. The van der Waals surface area contributed by atoms with Crippen molar-refractivity contribution in [1.82, 2.24) is 14.9 Å². The van der Waals surface area contributed by atoms with Gasteiger partial charge in [-0.05, 0) is 12.3 Å². The molecule has 0 spiro atoms. The van der Waals surface area contributed by atoms with Gasteiger partial charge in [0.25, 0.3) is 0 Å². The van der Waals surface area contributed by atoms with Crippen LogP contribution in [0.4, 0.5) is 5.82 Å². The van der Waals surface area contributed by atoms with Crippen LogP contribution in [0.25, 0.3) is 0 Å². The second-order valence-corrected chi connectivity index (χ2v) is 7.87. The first-order chi connectivity index (χ1) is 13.3. The van der Waals surface area contributed by atoms with Gasteiger partial charge in [-0.3, -0.25) is 4.79 Å². The zero-order chi connectivity index (χ0) is 18.5. The molecule has 4 rings (SSSR count). The summed E-state index contributed by atoms with van der Waals surface area (Å²) in [6, 6.07) is 1.90. The predicted octanol–water partition coefficient (Wildman–Crippen LogP) is 2.26. The number of morpholine rings is 1. The summed E-state index contributed by atoms with van der Waals surface area (Å²) >= 11 is 0. The van der Waals surface area contributed by atoms with Crippen molar-refractivity contribution in [2.24, 2.45) is 5.92 Å². The van der Waals surface area contributed by atoms with Gasteiger partial charge in [0, 0.05) is 38.5 Å². The molecule has 0 bridgehead atoms. The molecule has 148 valence electrons. The molecule has 1 saturated carbocycles. The minimum absolute atomic E-state index is 0.0212. The van der Waals surface area contributed by atoms with Crippen LogP contribution >= 0.6 is 0 Å². The second-order valence-electron chi connectivity index (χ2n) is 7.87. The van der Waals surface area contributed by atoms with Crippen LogP contribution in [0, 0.1) is 5.92 Å². The molecule has 7 nitrogen and oxygen atoms in total. The fourth-order valence-corrected chi connectivity index (χ4v) is 4.37. The number of hydrogen-bond donors (Lipinski definition) is 0. The van der Waals surface area contributed by atoms with Crippen LogP contribution in [-0.4, -0.2) is 66.3 Å². The Kier molecular flexibility index (Phi) is 6.07. The third-order valence-corrected chi connectivity index (χ3v) is 5.99. The summed E-state index contributed by atoms with van der Waals surface area (Å²) in [6.45, 7) is 4.57. The van der Waals surface area contributed by atoms with Gasteiger partial charge in [0.15, 0.2) is 0 Å². The van der Waals surface area contributed by atoms with E-state index in [2.05, 4.69) is 14.9 Å². The fraction of sp³-hybridized carbons (Fsp3) is 0.750. The van der Waals surface area contributed by atoms with Crippen molar-refractivity contribution in [1.29, 1.82) is 0 Å². The summed E-state index contributed by atoms with van der Waals surface area (Å²) in [5.41, 5.74) is 0. The van der Waals surface area contributed by atoms with Gasteiger partial charge in [-0.1, -0.05) is 25.7 Å². The topological polar surface area (TPSA) is 67.8 Å². The van der Waals surface area contributed by atoms with Gasteiger partial charge in [0.05, 0.1) is 19.8 Å². The third-order valence-electron chi connectivity index (χ3n) is 5.99. The summed E-state index contributed by atoms with van der Waals surface area (Å²) in [4.78, 5) is 25.3. The minimum atomic E-state index is 0.0212. The van der Waals surface area contributed by atoms with E-state index in [0.717, 1.165) is 57.4 Å². The Labute approximate surface area is 161 Å². The smallest absolute Gasteiger partial charge is 0.222 e. The molecular weight excluding hydrogens is 344 g/mol. The van der Waals surface area contributed by atoms with Crippen LogP contribution < -0.4 is 9.64 Å². The lowest BCUT2D eigenvalue weighted by molar-refractivity contribution is -0.130. The molecular formula is C20H30N4O3. The maximum absolute atomic E-state index is 12.5. The van der Waals surface area contributed by atoms with E-state index in [-0.39, 0.29) is 12.0 Å². The molecule has 2 aliphatic heterocycles. The minimum Gasteiger partial charge on any atom is -0.472 e. The Morgan fingerprint density at radius 1 is 1.15 bits per heavy atom. The molecule has 0 aromatic carbocycles. The fourth-order valence-electron chi connectivity index (χ4n) is 4.37. The van der Waals surface area contributed by atoms with Gasteiger partial charge in [-0.15, -0.1) is 0 Å². The highest BCUT2D eigenvalue weighted by molar-refractivity contribution is 5.76. The van der Waals surface area contributed by atoms with Crippen LogP contribution in [0.3, 0.4) is 0 Å². The largest absolute Gasteiger partial charge is 0.472 e. The van der Waals surface area contributed by atoms with E-state index in [0.29, 0.717) is 18.8 Å². The predicted molar refractivity (Wildman–Crippen MR) is 102 cm³/mol. The summed E-state index contributed by atoms with van der Waals surface area (Å²) < 4.78 is 11.5. The number of likely N-dealkylation sites (tertiary alicyclic amines) is 1. The molecule has 1 amide bonds. The standard InChI is InChI=1S/C20H30N4O3/c25-20(6-5-16-3-1-2-4-16)24-8-7-17(14-24)27-19-13-18(21-15-22-19)23-9-11-26-12-10-23/h13,15-17H,1-12,14H2. The van der Waals surface area contributed by atoms with Gasteiger partial charge >= 0.3 is 0 Å². The molecule has 1 unspecified atom stereocenters. The molecule has 1 aromatic heterocycles. The van der Waals surface area contributed by atoms with Crippen molar-refractivity contribution in [3.05, 3.63) is 12.4 Å². The van der Waals surface area contributed by atoms with Crippen LogP contribution in [0.15, 0.2) is 12.4 Å². The Bertz CT molecular complexity index is 629. The van der Waals surface area contributed by atoms with Crippen LogP contribution in [0.5, 0.6) is 5.88 Å². The molecule has 3 heterocycles. The Hall–Kier alpha value is -1.89. The highest BCUT2D eigenvalue weighted by Crippen LogP contribution is 2.29. The number of amides is 1. The van der Waals surface area contributed by atoms with Gasteiger partial charge in [0.2, 0.25) is 11.8 Å². The van der Waals surface area contributed by atoms with Gasteiger partial charge in [-0.25, -0.2) is 9.97 Å². The molecule has 7 heteroatoms. The highest BCUT2D eigenvalue weighted by Gasteiger charge is 2.28. The second kappa shape index (κ2) is 8.87.